The van der Waals surface area contributed by atoms with E-state index in [2.05, 4.69) is 0 Å². The predicted octanol–water partition coefficient (Wildman–Crippen LogP) is 1.61. The van der Waals surface area contributed by atoms with Crippen molar-refractivity contribution >= 4 is 19.3 Å². The summed E-state index contributed by atoms with van der Waals surface area (Å²) in [6.07, 6.45) is 5.07. The third-order valence-corrected chi connectivity index (χ3v) is 4.10. The minimum absolute atomic E-state index is 0.0783. The number of ketones is 2. The third kappa shape index (κ3) is 5.16. The minimum Gasteiger partial charge on any atom is -0.508 e. The van der Waals surface area contributed by atoms with Crippen LogP contribution in [0.1, 0.15) is 18.4 Å². The maximum atomic E-state index is 12.3. The van der Waals surface area contributed by atoms with Gasteiger partial charge in [0.15, 0.2) is 5.78 Å². The monoisotopic (exact) mass is 351 g/mol. The average Bonchev–Trinajstić information content (AvgIpc) is 2.47. The molecule has 1 unspecified atom stereocenters. The molecule has 1 aliphatic carbocycles. The smallest absolute Gasteiger partial charge is 0.427 e. The van der Waals surface area contributed by atoms with Crippen LogP contribution < -0.4 is 5.09 Å². The Bertz CT molecular complexity index is 731. The number of carbonyl (C=O) groups excluding carboxylic acids is 2. The molecule has 128 valence electrons. The van der Waals surface area contributed by atoms with Gasteiger partial charge in [-0.1, -0.05) is 18.2 Å². The molecule has 0 fully saturated rings. The number of phenols is 1. The van der Waals surface area contributed by atoms with Gasteiger partial charge in [-0.2, -0.15) is 0 Å². The summed E-state index contributed by atoms with van der Waals surface area (Å²) in [5, 5.41) is 11.2. The largest absolute Gasteiger partial charge is 0.508 e. The second kappa shape index (κ2) is 7.57. The molecule has 0 saturated carbocycles. The van der Waals surface area contributed by atoms with Crippen LogP contribution in [0.4, 0.5) is 0 Å². The van der Waals surface area contributed by atoms with Gasteiger partial charge in [0.2, 0.25) is 0 Å². The molecule has 0 spiro atoms. The summed E-state index contributed by atoms with van der Waals surface area (Å²) in [4.78, 5) is 42.2. The summed E-state index contributed by atoms with van der Waals surface area (Å²) in [5.74, 6) is -1.94. The highest BCUT2D eigenvalue weighted by Gasteiger charge is 2.32. The molecule has 1 atom stereocenters. The summed E-state index contributed by atoms with van der Waals surface area (Å²) in [6, 6.07) is 6.60. The number of rotatable bonds is 7. The molecule has 1 aromatic carbocycles. The molecule has 0 aliphatic heterocycles. The lowest BCUT2D eigenvalue weighted by molar-refractivity contribution is -0.129. The Kier molecular flexibility index (Phi) is 5.72. The van der Waals surface area contributed by atoms with Crippen molar-refractivity contribution in [2.24, 2.45) is 5.92 Å². The quantitative estimate of drug-likeness (QED) is 0.434. The van der Waals surface area contributed by atoms with Gasteiger partial charge < -0.3 is 14.9 Å². The molecule has 7 nitrogen and oxygen atoms in total. The fourth-order valence-corrected chi connectivity index (χ4v) is 3.01. The lowest BCUT2D eigenvalue weighted by Gasteiger charge is -2.21. The van der Waals surface area contributed by atoms with E-state index in [9.17, 15) is 19.3 Å². The van der Waals surface area contributed by atoms with Gasteiger partial charge in [0.05, 0.1) is 0 Å². The standard InChI is InChI=1S/C16H18NO6P/c18-12-9-7-11(8-10-12)3-1-5-14(19)16-13(17-24(21,22)23)4-2-6-15(16)20/h2,4,6-10,16,18H,1,3,5H2,(H3,17,21,22,23). The zero-order valence-corrected chi connectivity index (χ0v) is 13.6. The van der Waals surface area contributed by atoms with Crippen molar-refractivity contribution in [2.75, 3.05) is 0 Å². The Labute approximate surface area is 138 Å². The summed E-state index contributed by atoms with van der Waals surface area (Å²) < 4.78 is 11.1. The van der Waals surface area contributed by atoms with Crippen LogP contribution in [-0.2, 0) is 20.6 Å². The maximum Gasteiger partial charge on any atom is 0.427 e. The van der Waals surface area contributed by atoms with E-state index >= 15 is 0 Å². The first-order chi connectivity index (χ1) is 11.3. The van der Waals surface area contributed by atoms with Gasteiger partial charge in [-0.15, -0.1) is 0 Å². The van der Waals surface area contributed by atoms with Crippen LogP contribution in [0.15, 0.2) is 48.2 Å². The van der Waals surface area contributed by atoms with E-state index < -0.39 is 25.2 Å². The lowest BCUT2D eigenvalue weighted by Crippen LogP contribution is -2.32. The summed E-state index contributed by atoms with van der Waals surface area (Å²) in [7, 11) is -4.60. The number of allylic oxidation sites excluding steroid dienone is 4. The zero-order valence-electron chi connectivity index (χ0n) is 12.8. The first-order valence-corrected chi connectivity index (χ1v) is 8.94. The molecule has 2 rings (SSSR count). The first-order valence-electron chi connectivity index (χ1n) is 7.33. The Morgan fingerprint density at radius 3 is 2.50 bits per heavy atom. The fraction of sp³-hybridized carbons (Fsp3) is 0.250. The number of nitrogens with one attached hydrogen (secondary N) is 1. The zero-order chi connectivity index (χ0) is 17.7. The molecule has 0 aromatic heterocycles. The third-order valence-electron chi connectivity index (χ3n) is 3.55. The second-order valence-corrected chi connectivity index (χ2v) is 6.77. The van der Waals surface area contributed by atoms with E-state index in [0.717, 1.165) is 5.56 Å². The number of benzene rings is 1. The van der Waals surface area contributed by atoms with E-state index in [1.54, 1.807) is 24.3 Å². The second-order valence-electron chi connectivity index (χ2n) is 5.46. The molecule has 1 aliphatic rings. The summed E-state index contributed by atoms with van der Waals surface area (Å²) in [5.41, 5.74) is 0.866. The van der Waals surface area contributed by atoms with E-state index in [1.807, 2.05) is 5.09 Å². The topological polar surface area (TPSA) is 124 Å². The van der Waals surface area contributed by atoms with Crippen molar-refractivity contribution in [3.63, 3.8) is 0 Å². The number of phenolic OH excluding ortho intramolecular Hbond substituents is 1. The predicted molar refractivity (Wildman–Crippen MR) is 87.0 cm³/mol. The highest BCUT2D eigenvalue weighted by atomic mass is 31.2. The first kappa shape index (κ1) is 18.1. The Morgan fingerprint density at radius 2 is 1.88 bits per heavy atom. The van der Waals surface area contributed by atoms with E-state index in [-0.39, 0.29) is 17.9 Å². The minimum atomic E-state index is -4.60. The van der Waals surface area contributed by atoms with Gasteiger partial charge in [0, 0.05) is 12.1 Å². The van der Waals surface area contributed by atoms with Crippen LogP contribution in [-0.4, -0.2) is 26.5 Å². The molecule has 24 heavy (non-hydrogen) atoms. The lowest BCUT2D eigenvalue weighted by atomic mass is 9.89. The molecule has 0 radical (unpaired) electrons. The number of Topliss-reactive ketones (excluding diaryl/α,β-unsaturated/α-hetero) is 1. The van der Waals surface area contributed by atoms with Crippen LogP contribution >= 0.6 is 7.75 Å². The van der Waals surface area contributed by atoms with Crippen molar-refractivity contribution < 1.29 is 29.0 Å². The SMILES string of the molecule is O=C1C=CC=C(NP(=O)(O)O)C1C(=O)CCCc1ccc(O)cc1. The Hall–Kier alpha value is -2.21. The number of hydrogen-bond acceptors (Lipinski definition) is 4. The van der Waals surface area contributed by atoms with Crippen LogP contribution in [0.2, 0.25) is 0 Å². The normalized spacial score (nSPS) is 17.5. The van der Waals surface area contributed by atoms with Gasteiger partial charge >= 0.3 is 7.75 Å². The number of aryl methyl sites for hydroxylation is 1. The van der Waals surface area contributed by atoms with Gasteiger partial charge in [0.1, 0.15) is 17.5 Å². The van der Waals surface area contributed by atoms with Gasteiger partial charge in [0.25, 0.3) is 0 Å². The molecule has 8 heteroatoms. The molecule has 0 amide bonds. The van der Waals surface area contributed by atoms with Crippen molar-refractivity contribution in [2.45, 2.75) is 19.3 Å². The number of hydrogen-bond donors (Lipinski definition) is 4. The fourth-order valence-electron chi connectivity index (χ4n) is 2.47. The van der Waals surface area contributed by atoms with Gasteiger partial charge in [-0.05, 0) is 42.7 Å². The number of carbonyl (C=O) groups is 2. The average molecular weight is 351 g/mol. The van der Waals surface area contributed by atoms with Crippen molar-refractivity contribution in [3.05, 3.63) is 53.8 Å². The van der Waals surface area contributed by atoms with Crippen LogP contribution in [0.5, 0.6) is 5.75 Å². The molecule has 0 bridgehead atoms. The van der Waals surface area contributed by atoms with E-state index in [4.69, 9.17) is 9.79 Å². The van der Waals surface area contributed by atoms with Crippen LogP contribution in [0.3, 0.4) is 0 Å². The highest BCUT2D eigenvalue weighted by Crippen LogP contribution is 2.33. The maximum absolute atomic E-state index is 12.3. The van der Waals surface area contributed by atoms with Crippen molar-refractivity contribution in [1.82, 2.24) is 5.09 Å². The Balaban J connectivity index is 1.97. The molecular weight excluding hydrogens is 333 g/mol. The Morgan fingerprint density at radius 1 is 1.21 bits per heavy atom. The molecule has 4 N–H and O–H groups in total. The van der Waals surface area contributed by atoms with Crippen molar-refractivity contribution in [1.29, 1.82) is 0 Å². The molecule has 1 aromatic rings. The molecule has 0 heterocycles. The van der Waals surface area contributed by atoms with E-state index in [1.165, 1.54) is 18.2 Å². The summed E-state index contributed by atoms with van der Waals surface area (Å²) in [6.45, 7) is 0. The van der Waals surface area contributed by atoms with Gasteiger partial charge in [-0.3, -0.25) is 14.7 Å². The molecular formula is C16H18NO6P. The summed E-state index contributed by atoms with van der Waals surface area (Å²) >= 11 is 0. The van der Waals surface area contributed by atoms with Crippen LogP contribution in [0.25, 0.3) is 0 Å². The molecule has 0 saturated heterocycles. The number of aromatic hydroxyl groups is 1. The van der Waals surface area contributed by atoms with Crippen molar-refractivity contribution in [3.8, 4) is 5.75 Å². The highest BCUT2D eigenvalue weighted by molar-refractivity contribution is 7.49. The van der Waals surface area contributed by atoms with E-state index in [0.29, 0.717) is 12.8 Å². The van der Waals surface area contributed by atoms with Gasteiger partial charge in [-0.25, -0.2) is 4.57 Å². The van der Waals surface area contributed by atoms with Crippen LogP contribution in [0, 0.1) is 5.92 Å².